The summed E-state index contributed by atoms with van der Waals surface area (Å²) in [4.78, 5) is 5.77. The average Bonchev–Trinajstić information content (AvgIpc) is 3.22. The summed E-state index contributed by atoms with van der Waals surface area (Å²) in [5, 5.41) is 2.06. The van der Waals surface area contributed by atoms with Crippen molar-refractivity contribution in [3.63, 3.8) is 0 Å². The van der Waals surface area contributed by atoms with Crippen molar-refractivity contribution >= 4 is 16.3 Å². The van der Waals surface area contributed by atoms with Crippen molar-refractivity contribution in [2.45, 2.75) is 20.4 Å². The molecule has 0 bridgehead atoms. The van der Waals surface area contributed by atoms with Gasteiger partial charge in [-0.25, -0.2) is 4.98 Å². The van der Waals surface area contributed by atoms with Crippen LogP contribution in [0.4, 0.5) is 0 Å². The van der Waals surface area contributed by atoms with E-state index < -0.39 is 0 Å². The van der Waals surface area contributed by atoms with E-state index >= 15 is 0 Å². The van der Waals surface area contributed by atoms with Crippen LogP contribution >= 0.6 is 11.3 Å². The highest BCUT2D eigenvalue weighted by Crippen LogP contribution is 2.34. The second-order valence-corrected chi connectivity index (χ2v) is 6.48. The highest BCUT2D eigenvalue weighted by molar-refractivity contribution is 7.15. The fraction of sp³-hybridized carbons (Fsp3) is 0.167. The van der Waals surface area contributed by atoms with Crippen molar-refractivity contribution in [2.24, 2.45) is 5.73 Å². The molecule has 4 aromatic rings. The van der Waals surface area contributed by atoms with Gasteiger partial charge in [0.15, 0.2) is 10.7 Å². The van der Waals surface area contributed by atoms with Gasteiger partial charge in [-0.1, -0.05) is 23.8 Å². The number of nitrogens with zero attached hydrogens (tertiary/aromatic N) is 2. The number of hydrogen-bond donors (Lipinski definition) is 1. The van der Waals surface area contributed by atoms with Gasteiger partial charge in [-0.3, -0.25) is 4.40 Å². The quantitative estimate of drug-likeness (QED) is 0.608. The molecule has 0 aliphatic rings. The smallest absolute Gasteiger partial charge is 0.195 e. The minimum absolute atomic E-state index is 0.425. The van der Waals surface area contributed by atoms with E-state index in [1.807, 2.05) is 12.1 Å². The molecule has 0 unspecified atom stereocenters. The average molecular weight is 323 g/mol. The van der Waals surface area contributed by atoms with E-state index in [4.69, 9.17) is 15.1 Å². The van der Waals surface area contributed by atoms with Crippen LogP contribution in [0.2, 0.25) is 0 Å². The van der Waals surface area contributed by atoms with E-state index in [9.17, 15) is 0 Å². The molecule has 116 valence electrons. The van der Waals surface area contributed by atoms with Gasteiger partial charge in [0.05, 0.1) is 17.7 Å². The number of benzene rings is 1. The molecule has 4 nitrogen and oxygen atoms in total. The lowest BCUT2D eigenvalue weighted by Gasteiger charge is -2.07. The third-order valence-corrected chi connectivity index (χ3v) is 4.89. The Hall–Kier alpha value is -2.37. The number of rotatable bonds is 3. The minimum atomic E-state index is 0.425. The van der Waals surface area contributed by atoms with Gasteiger partial charge in [0.1, 0.15) is 5.69 Å². The summed E-state index contributed by atoms with van der Waals surface area (Å²) >= 11 is 1.60. The first-order chi connectivity index (χ1) is 11.2. The van der Waals surface area contributed by atoms with Crippen LogP contribution < -0.4 is 5.73 Å². The third kappa shape index (κ3) is 2.20. The summed E-state index contributed by atoms with van der Waals surface area (Å²) in [6.45, 7) is 4.64. The van der Waals surface area contributed by atoms with E-state index in [1.54, 1.807) is 17.6 Å². The Morgan fingerprint density at radius 3 is 2.83 bits per heavy atom. The van der Waals surface area contributed by atoms with Crippen molar-refractivity contribution in [1.82, 2.24) is 9.38 Å². The number of furan rings is 1. The standard InChI is InChI=1S/C18H17N3OS/c1-11-5-6-13(12(2)8-11)17-14(9-19)21-15(10-23-18(21)20-17)16-4-3-7-22-16/h3-8,10H,9,19H2,1-2H3. The Balaban J connectivity index is 1.98. The molecule has 0 aliphatic carbocycles. The maximum absolute atomic E-state index is 6.07. The molecule has 0 aliphatic heterocycles. The molecule has 0 saturated heterocycles. The summed E-state index contributed by atoms with van der Waals surface area (Å²) in [6, 6.07) is 10.3. The molecule has 3 aromatic heterocycles. The van der Waals surface area contributed by atoms with Crippen molar-refractivity contribution in [2.75, 3.05) is 0 Å². The molecule has 23 heavy (non-hydrogen) atoms. The Kier molecular flexibility index (Phi) is 3.32. The van der Waals surface area contributed by atoms with Crippen LogP contribution in [0.15, 0.2) is 46.4 Å². The highest BCUT2D eigenvalue weighted by atomic mass is 32.1. The predicted molar refractivity (Wildman–Crippen MR) is 93.6 cm³/mol. The molecule has 0 amide bonds. The molecule has 5 heteroatoms. The van der Waals surface area contributed by atoms with Gasteiger partial charge in [0.25, 0.3) is 0 Å². The van der Waals surface area contributed by atoms with Gasteiger partial charge in [-0.15, -0.1) is 11.3 Å². The lowest BCUT2D eigenvalue weighted by molar-refractivity contribution is 0.579. The monoisotopic (exact) mass is 323 g/mol. The van der Waals surface area contributed by atoms with Gasteiger partial charge >= 0.3 is 0 Å². The van der Waals surface area contributed by atoms with Crippen LogP contribution in [0.5, 0.6) is 0 Å². The summed E-state index contributed by atoms with van der Waals surface area (Å²) in [6.07, 6.45) is 1.68. The van der Waals surface area contributed by atoms with Gasteiger partial charge in [0, 0.05) is 17.5 Å². The number of fused-ring (bicyclic) bond motifs is 1. The predicted octanol–water partition coefficient (Wildman–Crippen LogP) is 4.40. The molecule has 4 rings (SSSR count). The molecule has 0 radical (unpaired) electrons. The topological polar surface area (TPSA) is 56.5 Å². The van der Waals surface area contributed by atoms with E-state index in [0.717, 1.165) is 33.4 Å². The Morgan fingerprint density at radius 1 is 1.26 bits per heavy atom. The maximum atomic E-state index is 6.07. The van der Waals surface area contributed by atoms with Crippen LogP contribution in [0.25, 0.3) is 27.7 Å². The molecule has 2 N–H and O–H groups in total. The highest BCUT2D eigenvalue weighted by Gasteiger charge is 2.19. The van der Waals surface area contributed by atoms with Crippen molar-refractivity contribution < 1.29 is 4.42 Å². The lowest BCUT2D eigenvalue weighted by atomic mass is 10.0. The number of aromatic nitrogens is 2. The Labute approximate surface area is 138 Å². The molecule has 3 heterocycles. The molecular weight excluding hydrogens is 306 g/mol. The fourth-order valence-corrected chi connectivity index (χ4v) is 3.89. The van der Waals surface area contributed by atoms with Gasteiger partial charge in [-0.2, -0.15) is 0 Å². The first-order valence-corrected chi connectivity index (χ1v) is 8.37. The fourth-order valence-electron chi connectivity index (χ4n) is 3.00. The van der Waals surface area contributed by atoms with E-state index in [2.05, 4.69) is 41.8 Å². The van der Waals surface area contributed by atoms with Gasteiger partial charge < -0.3 is 10.2 Å². The Bertz CT molecular complexity index is 979. The Morgan fingerprint density at radius 2 is 2.13 bits per heavy atom. The first-order valence-electron chi connectivity index (χ1n) is 7.49. The van der Waals surface area contributed by atoms with Gasteiger partial charge in [-0.05, 0) is 31.5 Å². The minimum Gasteiger partial charge on any atom is -0.463 e. The molecule has 0 saturated carbocycles. The lowest BCUT2D eigenvalue weighted by Crippen LogP contribution is -2.03. The number of hydrogen-bond acceptors (Lipinski definition) is 4. The number of nitrogens with two attached hydrogens (primary N) is 1. The number of imidazole rings is 1. The summed E-state index contributed by atoms with van der Waals surface area (Å²) in [5.74, 6) is 0.829. The van der Waals surface area contributed by atoms with Crippen LogP contribution in [-0.2, 0) is 6.54 Å². The van der Waals surface area contributed by atoms with Crippen molar-refractivity contribution in [3.05, 3.63) is 58.8 Å². The number of aryl methyl sites for hydroxylation is 2. The largest absolute Gasteiger partial charge is 0.463 e. The van der Waals surface area contributed by atoms with Crippen LogP contribution in [0, 0.1) is 13.8 Å². The summed E-state index contributed by atoms with van der Waals surface area (Å²) < 4.78 is 7.67. The summed E-state index contributed by atoms with van der Waals surface area (Å²) in [5.41, 5.74) is 12.6. The van der Waals surface area contributed by atoms with Crippen LogP contribution in [0.1, 0.15) is 16.8 Å². The zero-order chi connectivity index (χ0) is 16.0. The number of thiazole rings is 1. The third-order valence-electron chi connectivity index (χ3n) is 4.06. The van der Waals surface area contributed by atoms with Crippen LogP contribution in [-0.4, -0.2) is 9.38 Å². The van der Waals surface area contributed by atoms with Gasteiger partial charge in [0.2, 0.25) is 0 Å². The molecular formula is C18H17N3OS. The zero-order valence-corrected chi connectivity index (χ0v) is 13.9. The normalized spacial score (nSPS) is 11.4. The second-order valence-electron chi connectivity index (χ2n) is 5.65. The van der Waals surface area contributed by atoms with Crippen molar-refractivity contribution in [3.8, 4) is 22.7 Å². The van der Waals surface area contributed by atoms with E-state index in [1.165, 1.54) is 11.1 Å². The summed E-state index contributed by atoms with van der Waals surface area (Å²) in [7, 11) is 0. The second kappa shape index (κ2) is 5.37. The zero-order valence-electron chi connectivity index (χ0n) is 13.0. The molecule has 0 spiro atoms. The van der Waals surface area contributed by atoms with E-state index in [-0.39, 0.29) is 0 Å². The molecule has 1 aromatic carbocycles. The van der Waals surface area contributed by atoms with Crippen molar-refractivity contribution in [1.29, 1.82) is 0 Å². The first kappa shape index (κ1) is 14.2. The van der Waals surface area contributed by atoms with Crippen LogP contribution in [0.3, 0.4) is 0 Å². The maximum Gasteiger partial charge on any atom is 0.195 e. The van der Waals surface area contributed by atoms with E-state index in [0.29, 0.717) is 6.54 Å². The molecule has 0 atom stereocenters. The molecule has 0 fully saturated rings. The SMILES string of the molecule is Cc1ccc(-c2nc3scc(-c4ccco4)n3c2CN)c(C)c1.